The number of pyridine rings is 1. The number of nitrogens with one attached hydrogen (secondary N) is 1. The smallest absolute Gasteiger partial charge is 0.227 e. The van der Waals surface area contributed by atoms with E-state index in [1.165, 1.54) is 4.31 Å². The molecule has 0 spiro atoms. The Hall–Kier alpha value is -2.57. The van der Waals surface area contributed by atoms with Gasteiger partial charge in [-0.3, -0.25) is 0 Å². The summed E-state index contributed by atoms with van der Waals surface area (Å²) < 4.78 is 26.1. The predicted octanol–water partition coefficient (Wildman–Crippen LogP) is 1.85. The van der Waals surface area contributed by atoms with Crippen molar-refractivity contribution in [1.82, 2.24) is 24.2 Å². The molecular formula is C17H18N6O2S. The van der Waals surface area contributed by atoms with Gasteiger partial charge in [0.1, 0.15) is 11.5 Å². The maximum Gasteiger partial charge on any atom is 0.227 e. The number of fused-ring (bicyclic) bond motifs is 3. The zero-order valence-electron chi connectivity index (χ0n) is 14.3. The first-order valence-corrected chi connectivity index (χ1v) is 10.1. The van der Waals surface area contributed by atoms with E-state index >= 15 is 0 Å². The molecule has 4 rings (SSSR count). The summed E-state index contributed by atoms with van der Waals surface area (Å²) in [7, 11) is -3.56. The zero-order valence-corrected chi connectivity index (χ0v) is 15.1. The molecule has 0 amide bonds. The standard InChI is InChI=1S/C17H18N6O2S/c1-11-21-14-9-20-17-13(4-6-19-17)15(14)16(22-11)12-3-2-7-23(10-12)26(24,25)8-5-18/h4,6,9,12H,2-3,7-8,10H2,1H3,(H,19,20). The van der Waals surface area contributed by atoms with Gasteiger partial charge in [-0.25, -0.2) is 27.7 Å². The fourth-order valence-electron chi connectivity index (χ4n) is 3.67. The highest BCUT2D eigenvalue weighted by molar-refractivity contribution is 7.89. The number of nitrogens with zero attached hydrogens (tertiary/aromatic N) is 5. The molecule has 4 heterocycles. The molecule has 0 saturated carbocycles. The molecule has 3 aromatic heterocycles. The molecule has 1 aliphatic rings. The number of aromatic amines is 1. The fourth-order valence-corrected chi connectivity index (χ4v) is 4.83. The molecule has 9 heteroatoms. The lowest BCUT2D eigenvalue weighted by molar-refractivity contribution is 0.314. The third-order valence-corrected chi connectivity index (χ3v) is 6.41. The summed E-state index contributed by atoms with van der Waals surface area (Å²) in [6.45, 7) is 2.62. The van der Waals surface area contributed by atoms with Gasteiger partial charge in [0.2, 0.25) is 10.0 Å². The second-order valence-electron chi connectivity index (χ2n) is 6.53. The highest BCUT2D eigenvalue weighted by Gasteiger charge is 2.31. The van der Waals surface area contributed by atoms with Crippen LogP contribution in [0.4, 0.5) is 0 Å². The number of hydrogen-bond acceptors (Lipinski definition) is 6. The number of aromatic nitrogens is 4. The van der Waals surface area contributed by atoms with Crippen molar-refractivity contribution in [3.8, 4) is 6.07 Å². The molecule has 0 aliphatic carbocycles. The van der Waals surface area contributed by atoms with Crippen molar-refractivity contribution in [2.45, 2.75) is 25.7 Å². The summed E-state index contributed by atoms with van der Waals surface area (Å²) in [5, 5.41) is 10.7. The van der Waals surface area contributed by atoms with Crippen LogP contribution in [-0.4, -0.2) is 51.5 Å². The van der Waals surface area contributed by atoms with Gasteiger partial charge in [-0.1, -0.05) is 0 Å². The van der Waals surface area contributed by atoms with E-state index in [9.17, 15) is 8.42 Å². The summed E-state index contributed by atoms with van der Waals surface area (Å²) >= 11 is 0. The number of piperidine rings is 1. The van der Waals surface area contributed by atoms with Crippen LogP contribution in [0.1, 0.15) is 30.3 Å². The van der Waals surface area contributed by atoms with Crippen LogP contribution in [0.25, 0.3) is 21.9 Å². The average molecular weight is 370 g/mol. The monoisotopic (exact) mass is 370 g/mol. The lowest BCUT2D eigenvalue weighted by Crippen LogP contribution is -2.40. The van der Waals surface area contributed by atoms with Gasteiger partial charge in [-0.15, -0.1) is 0 Å². The molecule has 26 heavy (non-hydrogen) atoms. The first kappa shape index (κ1) is 16.9. The van der Waals surface area contributed by atoms with Gasteiger partial charge >= 0.3 is 0 Å². The molecule has 3 aromatic rings. The Morgan fingerprint density at radius 3 is 3.08 bits per heavy atom. The number of sulfonamides is 1. The van der Waals surface area contributed by atoms with E-state index in [-0.39, 0.29) is 5.92 Å². The Morgan fingerprint density at radius 1 is 1.42 bits per heavy atom. The van der Waals surface area contributed by atoms with Gasteiger partial charge in [-0.2, -0.15) is 5.26 Å². The molecule has 1 atom stereocenters. The van der Waals surface area contributed by atoms with Gasteiger partial charge in [0, 0.05) is 36.0 Å². The van der Waals surface area contributed by atoms with E-state index in [1.807, 2.05) is 19.2 Å². The Balaban J connectivity index is 1.83. The van der Waals surface area contributed by atoms with Crippen molar-refractivity contribution < 1.29 is 8.42 Å². The molecule has 1 unspecified atom stereocenters. The van der Waals surface area contributed by atoms with Crippen LogP contribution in [0.15, 0.2) is 18.5 Å². The number of rotatable bonds is 3. The van der Waals surface area contributed by atoms with Gasteiger partial charge < -0.3 is 4.98 Å². The van der Waals surface area contributed by atoms with E-state index in [0.717, 1.165) is 40.5 Å². The van der Waals surface area contributed by atoms with Gasteiger partial charge in [-0.05, 0) is 25.8 Å². The SMILES string of the molecule is Cc1nc(C2CCCN(S(=O)(=O)CC#N)C2)c2c(cnc3[nH]ccc32)n1. The minimum Gasteiger partial charge on any atom is -0.346 e. The van der Waals surface area contributed by atoms with Crippen LogP contribution < -0.4 is 0 Å². The van der Waals surface area contributed by atoms with E-state index in [1.54, 1.807) is 12.3 Å². The second-order valence-corrected chi connectivity index (χ2v) is 8.49. The lowest BCUT2D eigenvalue weighted by atomic mass is 9.92. The molecule has 1 aliphatic heterocycles. The maximum atomic E-state index is 12.3. The van der Waals surface area contributed by atoms with Crippen LogP contribution in [0.3, 0.4) is 0 Å². The number of nitriles is 1. The van der Waals surface area contributed by atoms with E-state index in [2.05, 4.69) is 19.9 Å². The quantitative estimate of drug-likeness (QED) is 0.752. The van der Waals surface area contributed by atoms with Crippen molar-refractivity contribution in [2.75, 3.05) is 18.8 Å². The molecule has 0 radical (unpaired) electrons. The van der Waals surface area contributed by atoms with Gasteiger partial charge in [0.05, 0.1) is 23.5 Å². The Bertz CT molecular complexity index is 1130. The first-order valence-electron chi connectivity index (χ1n) is 8.44. The normalized spacial score (nSPS) is 19.0. The van der Waals surface area contributed by atoms with Crippen LogP contribution >= 0.6 is 0 Å². The van der Waals surface area contributed by atoms with E-state index < -0.39 is 15.8 Å². The third kappa shape index (κ3) is 2.81. The van der Waals surface area contributed by atoms with Crippen molar-refractivity contribution in [3.05, 3.63) is 30.0 Å². The Morgan fingerprint density at radius 2 is 2.27 bits per heavy atom. The van der Waals surface area contributed by atoms with Crippen LogP contribution in [0.2, 0.25) is 0 Å². The topological polar surface area (TPSA) is 116 Å². The zero-order chi connectivity index (χ0) is 18.3. The molecular weight excluding hydrogens is 352 g/mol. The predicted molar refractivity (Wildman–Crippen MR) is 96.9 cm³/mol. The van der Waals surface area contributed by atoms with Crippen molar-refractivity contribution in [1.29, 1.82) is 5.26 Å². The molecule has 0 aromatic carbocycles. The van der Waals surface area contributed by atoms with Crippen molar-refractivity contribution in [2.24, 2.45) is 0 Å². The molecule has 8 nitrogen and oxygen atoms in total. The fraction of sp³-hybridized carbons (Fsp3) is 0.412. The van der Waals surface area contributed by atoms with Crippen LogP contribution in [-0.2, 0) is 10.0 Å². The minimum atomic E-state index is -3.56. The van der Waals surface area contributed by atoms with E-state index in [0.29, 0.717) is 18.9 Å². The average Bonchev–Trinajstić information content (AvgIpc) is 3.09. The maximum absolute atomic E-state index is 12.3. The van der Waals surface area contributed by atoms with Gasteiger partial charge in [0.15, 0.2) is 5.75 Å². The van der Waals surface area contributed by atoms with Crippen LogP contribution in [0, 0.1) is 18.3 Å². The van der Waals surface area contributed by atoms with Gasteiger partial charge in [0.25, 0.3) is 0 Å². The first-order chi connectivity index (χ1) is 12.5. The summed E-state index contributed by atoms with van der Waals surface area (Å²) in [5.41, 5.74) is 2.38. The molecule has 1 N–H and O–H groups in total. The highest BCUT2D eigenvalue weighted by Crippen LogP contribution is 2.34. The largest absolute Gasteiger partial charge is 0.346 e. The molecule has 0 bridgehead atoms. The highest BCUT2D eigenvalue weighted by atomic mass is 32.2. The number of aryl methyl sites for hydroxylation is 1. The Labute approximate surface area is 150 Å². The Kier molecular flexibility index (Phi) is 4.09. The lowest BCUT2D eigenvalue weighted by Gasteiger charge is -2.31. The molecule has 134 valence electrons. The third-order valence-electron chi connectivity index (χ3n) is 4.80. The second kappa shape index (κ2) is 6.30. The summed E-state index contributed by atoms with van der Waals surface area (Å²) in [6.07, 6.45) is 5.13. The summed E-state index contributed by atoms with van der Waals surface area (Å²) in [5.74, 6) is 0.109. The number of H-pyrrole nitrogens is 1. The van der Waals surface area contributed by atoms with E-state index in [4.69, 9.17) is 5.26 Å². The summed E-state index contributed by atoms with van der Waals surface area (Å²) in [4.78, 5) is 16.7. The number of hydrogen-bond donors (Lipinski definition) is 1. The molecule has 1 fully saturated rings. The minimum absolute atomic E-state index is 0.0399. The summed E-state index contributed by atoms with van der Waals surface area (Å²) in [6, 6.07) is 3.70. The van der Waals surface area contributed by atoms with Crippen LogP contribution in [0.5, 0.6) is 0 Å². The van der Waals surface area contributed by atoms with Crippen molar-refractivity contribution in [3.63, 3.8) is 0 Å². The van der Waals surface area contributed by atoms with Crippen molar-refractivity contribution >= 4 is 32.0 Å². The molecule has 1 saturated heterocycles.